The Morgan fingerprint density at radius 1 is 0.746 bits per heavy atom. The lowest BCUT2D eigenvalue weighted by molar-refractivity contribution is -0.159. The van der Waals surface area contributed by atoms with Crippen LogP contribution in [0.15, 0.2) is 77.7 Å². The first kappa shape index (κ1) is 46.4. The van der Waals surface area contributed by atoms with E-state index in [1.54, 1.807) is 9.80 Å². The van der Waals surface area contributed by atoms with Crippen molar-refractivity contribution in [3.8, 4) is 0 Å². The van der Waals surface area contributed by atoms with Gasteiger partial charge in [0.25, 0.3) is 0 Å². The Kier molecular flexibility index (Phi) is 17.9. The first-order chi connectivity index (χ1) is 28.0. The third kappa shape index (κ3) is 17.6. The van der Waals surface area contributed by atoms with Crippen LogP contribution in [-0.2, 0) is 46.4 Å². The van der Waals surface area contributed by atoms with Crippen LogP contribution < -0.4 is 11.0 Å². The van der Waals surface area contributed by atoms with Crippen molar-refractivity contribution in [3.05, 3.63) is 94.5 Å². The molecule has 15 nitrogen and oxygen atoms in total. The fourth-order valence-corrected chi connectivity index (χ4v) is 6.06. The van der Waals surface area contributed by atoms with Gasteiger partial charge in [0, 0.05) is 45.2 Å². The number of amides is 3. The molecule has 1 aliphatic heterocycles. The molecule has 4 rings (SSSR count). The van der Waals surface area contributed by atoms with E-state index in [9.17, 15) is 24.0 Å². The van der Waals surface area contributed by atoms with Crippen molar-refractivity contribution in [3.63, 3.8) is 0 Å². The predicted octanol–water partition coefficient (Wildman–Crippen LogP) is 7.59. The highest BCUT2D eigenvalue weighted by molar-refractivity contribution is 5.89. The van der Waals surface area contributed by atoms with Crippen LogP contribution in [0.2, 0.25) is 0 Å². The third-order valence-corrected chi connectivity index (χ3v) is 8.90. The van der Waals surface area contributed by atoms with Gasteiger partial charge in [0.05, 0.1) is 6.61 Å². The topological polar surface area (TPSA) is 168 Å². The normalized spacial score (nSPS) is 15.3. The summed E-state index contributed by atoms with van der Waals surface area (Å²) in [6, 6.07) is 20.9. The van der Waals surface area contributed by atoms with E-state index >= 15 is 0 Å². The van der Waals surface area contributed by atoms with Gasteiger partial charge in [-0.1, -0.05) is 73.5 Å². The van der Waals surface area contributed by atoms with E-state index in [2.05, 4.69) is 10.3 Å². The molecular weight excluding hydrogens is 759 g/mol. The number of carbonyl (C=O) groups is 4. The molecule has 2 aromatic carbocycles. The highest BCUT2D eigenvalue weighted by Crippen LogP contribution is 2.21. The van der Waals surface area contributed by atoms with Gasteiger partial charge in [0.2, 0.25) is 5.91 Å². The highest BCUT2D eigenvalue weighted by atomic mass is 16.7. The molecule has 322 valence electrons. The Balaban J connectivity index is 1.12. The maximum Gasteiger partial charge on any atom is 0.410 e. The van der Waals surface area contributed by atoms with Gasteiger partial charge >= 0.3 is 23.8 Å². The molecule has 2 heterocycles. The Labute approximate surface area is 347 Å². The summed E-state index contributed by atoms with van der Waals surface area (Å²) in [5.41, 5.74) is 0.148. The Bertz CT molecular complexity index is 1840. The van der Waals surface area contributed by atoms with Crippen LogP contribution in [-0.4, -0.2) is 87.2 Å². The maximum absolute atomic E-state index is 12.8. The Hall–Kier alpha value is -5.28. The van der Waals surface area contributed by atoms with Gasteiger partial charge < -0.3 is 38.8 Å². The second-order valence-corrected chi connectivity index (χ2v) is 16.5. The largest absolute Gasteiger partial charge is 0.460 e. The molecule has 1 aliphatic rings. The number of nitrogens with zero attached hydrogens (tertiary/aromatic N) is 4. The summed E-state index contributed by atoms with van der Waals surface area (Å²) in [6.45, 7) is 12.7. The molecule has 15 heteroatoms. The van der Waals surface area contributed by atoms with Gasteiger partial charge in [-0.15, -0.1) is 0 Å². The molecule has 0 aliphatic carbocycles. The summed E-state index contributed by atoms with van der Waals surface area (Å²) in [4.78, 5) is 70.9. The molecule has 1 saturated heterocycles. The lowest BCUT2D eigenvalue weighted by Gasteiger charge is -2.27. The van der Waals surface area contributed by atoms with Gasteiger partial charge in [-0.2, -0.15) is 4.98 Å². The average molecular weight is 820 g/mol. The quantitative estimate of drug-likeness (QED) is 0.0678. The number of aromatic nitrogens is 2. The number of hydrogen-bond donors (Lipinski definition) is 1. The number of unbranched alkanes of at least 4 members (excludes halogenated alkanes) is 4. The molecule has 0 bridgehead atoms. The van der Waals surface area contributed by atoms with E-state index in [0.717, 1.165) is 11.1 Å². The number of carbonyl (C=O) groups excluding carboxylic acids is 4. The number of hydrogen-bond acceptors (Lipinski definition) is 11. The minimum atomic E-state index is -0.856. The zero-order valence-corrected chi connectivity index (χ0v) is 35.4. The van der Waals surface area contributed by atoms with Crippen molar-refractivity contribution in [1.82, 2.24) is 19.4 Å². The first-order valence-electron chi connectivity index (χ1n) is 20.4. The number of anilines is 1. The summed E-state index contributed by atoms with van der Waals surface area (Å²) in [6.07, 6.45) is 3.43. The van der Waals surface area contributed by atoms with Crippen LogP contribution in [0.1, 0.15) is 110 Å². The zero-order chi connectivity index (χ0) is 42.8. The van der Waals surface area contributed by atoms with E-state index in [4.69, 9.17) is 23.7 Å². The summed E-state index contributed by atoms with van der Waals surface area (Å²) < 4.78 is 29.2. The van der Waals surface area contributed by atoms with E-state index in [0.29, 0.717) is 64.7 Å². The molecule has 2 unspecified atom stereocenters. The Morgan fingerprint density at radius 3 is 1.78 bits per heavy atom. The summed E-state index contributed by atoms with van der Waals surface area (Å²) in [7, 11) is 0. The molecule has 3 aromatic rings. The predicted molar refractivity (Wildman–Crippen MR) is 221 cm³/mol. The van der Waals surface area contributed by atoms with E-state index in [1.807, 2.05) is 102 Å². The molecule has 3 amide bonds. The molecular formula is C44H61N5O10. The minimum absolute atomic E-state index is 0.0450. The molecule has 2 atom stereocenters. The fourth-order valence-electron chi connectivity index (χ4n) is 6.06. The van der Waals surface area contributed by atoms with Crippen molar-refractivity contribution in [2.45, 2.75) is 130 Å². The van der Waals surface area contributed by atoms with Gasteiger partial charge in [-0.05, 0) is 84.4 Å². The lowest BCUT2D eigenvalue weighted by atomic mass is 10.1. The van der Waals surface area contributed by atoms with Crippen LogP contribution in [0.25, 0.3) is 0 Å². The number of nitrogens with one attached hydrogen (secondary N) is 1. The smallest absolute Gasteiger partial charge is 0.410 e. The van der Waals surface area contributed by atoms with Gasteiger partial charge in [-0.3, -0.25) is 14.2 Å². The third-order valence-electron chi connectivity index (χ3n) is 8.90. The maximum atomic E-state index is 12.8. The second-order valence-electron chi connectivity index (χ2n) is 16.5. The highest BCUT2D eigenvalue weighted by Gasteiger charge is 2.30. The summed E-state index contributed by atoms with van der Waals surface area (Å²) in [5, 5.41) is 2.67. The van der Waals surface area contributed by atoms with Crippen LogP contribution in [0.5, 0.6) is 0 Å². The molecule has 0 saturated carbocycles. The van der Waals surface area contributed by atoms with Gasteiger partial charge in [0.1, 0.15) is 23.6 Å². The lowest BCUT2D eigenvalue weighted by Crippen LogP contribution is -2.37. The van der Waals surface area contributed by atoms with Crippen molar-refractivity contribution in [1.29, 1.82) is 0 Å². The monoisotopic (exact) mass is 819 g/mol. The number of esters is 1. The zero-order valence-electron chi connectivity index (χ0n) is 35.4. The second kappa shape index (κ2) is 22.8. The molecule has 1 aromatic heterocycles. The summed E-state index contributed by atoms with van der Waals surface area (Å²) in [5.74, 6) is -0.567. The number of rotatable bonds is 20. The molecule has 1 N–H and O–H groups in total. The summed E-state index contributed by atoms with van der Waals surface area (Å²) >= 11 is 0. The molecule has 0 spiro atoms. The average Bonchev–Trinajstić information content (AvgIpc) is 3.64. The molecule has 0 radical (unpaired) electrons. The number of benzene rings is 2. The van der Waals surface area contributed by atoms with Crippen molar-refractivity contribution >= 4 is 29.9 Å². The van der Waals surface area contributed by atoms with Gasteiger partial charge in [0.15, 0.2) is 12.5 Å². The first-order valence-corrected chi connectivity index (χ1v) is 20.4. The molecule has 1 fully saturated rings. The van der Waals surface area contributed by atoms with Crippen molar-refractivity contribution < 1.29 is 42.9 Å². The van der Waals surface area contributed by atoms with Crippen molar-refractivity contribution in [2.75, 3.05) is 31.6 Å². The van der Waals surface area contributed by atoms with E-state index in [1.165, 1.54) is 16.8 Å². The van der Waals surface area contributed by atoms with Crippen LogP contribution >= 0.6 is 0 Å². The fraction of sp³-hybridized carbons (Fsp3) is 0.545. The van der Waals surface area contributed by atoms with Crippen molar-refractivity contribution in [2.24, 2.45) is 0 Å². The van der Waals surface area contributed by atoms with E-state index < -0.39 is 35.4 Å². The SMILES string of the molecule is CC(C)(C)OC(=O)N(CCCCCC(=O)Nc1ccn(C2COC(COC(=O)CCCCCN(Cc3ccccc3)C(=O)OC(C)(C)C)O2)c(=O)n1)Cc1ccccc1. The number of ether oxygens (including phenoxy) is 5. The Morgan fingerprint density at radius 2 is 1.27 bits per heavy atom. The standard InChI is InChI=1S/C44H61N5O10/c1-43(2,3)58-41(53)47(29-33-19-11-7-12-20-33)26-17-9-15-23-36(50)45-35-25-28-49(40(52)46-35)37-31-56-39(57-37)32-55-38(51)24-16-10-18-27-48(42(54)59-44(4,5)6)30-34-21-13-8-14-22-34/h7-8,11-14,19-22,25,28,37,39H,9-10,15-18,23-24,26-27,29-32H2,1-6H3,(H,45,46,50,52). The minimum Gasteiger partial charge on any atom is -0.460 e. The molecule has 59 heavy (non-hydrogen) atoms. The van der Waals surface area contributed by atoms with Gasteiger partial charge in [-0.25, -0.2) is 14.4 Å². The van der Waals surface area contributed by atoms with Crippen LogP contribution in [0.3, 0.4) is 0 Å². The van der Waals surface area contributed by atoms with Crippen LogP contribution in [0.4, 0.5) is 15.4 Å². The van der Waals surface area contributed by atoms with E-state index in [-0.39, 0.29) is 50.0 Å². The van der Waals surface area contributed by atoms with Crippen LogP contribution in [0, 0.1) is 0 Å².